The van der Waals surface area contributed by atoms with Crippen molar-refractivity contribution in [3.8, 4) is 11.5 Å². The summed E-state index contributed by atoms with van der Waals surface area (Å²) < 4.78 is 0. The van der Waals surface area contributed by atoms with Crippen LogP contribution in [0.1, 0.15) is 81.3 Å². The molecule has 2 N–H and O–H groups in total. The highest BCUT2D eigenvalue weighted by molar-refractivity contribution is 6.02. The summed E-state index contributed by atoms with van der Waals surface area (Å²) in [6.45, 7) is 9.65. The molecule has 2 aliphatic carbocycles. The van der Waals surface area contributed by atoms with Gasteiger partial charge in [-0.05, 0) is 24.3 Å². The van der Waals surface area contributed by atoms with Crippen LogP contribution >= 0.6 is 0 Å². The minimum Gasteiger partial charge on any atom is -0.504 e. The molecule has 0 aromatic heterocycles. The number of benzene rings is 1. The van der Waals surface area contributed by atoms with Gasteiger partial charge in [0.2, 0.25) is 0 Å². The zero-order valence-corrected chi connectivity index (χ0v) is 15.1. The van der Waals surface area contributed by atoms with Crippen LogP contribution in [0.4, 0.5) is 0 Å². The number of fused-ring (bicyclic) bond motifs is 3. The van der Waals surface area contributed by atoms with Gasteiger partial charge in [-0.2, -0.15) is 0 Å². The number of phenols is 2. The van der Waals surface area contributed by atoms with Crippen LogP contribution in [0.25, 0.3) is 0 Å². The number of ketones is 2. The second-order valence-electron chi connectivity index (χ2n) is 8.48. The van der Waals surface area contributed by atoms with Crippen molar-refractivity contribution in [2.24, 2.45) is 11.3 Å². The van der Waals surface area contributed by atoms with Gasteiger partial charge >= 0.3 is 0 Å². The predicted octanol–water partition coefficient (Wildman–Crippen LogP) is 4.07. The molecule has 3 rings (SSSR count). The number of aromatic hydroxyl groups is 2. The summed E-state index contributed by atoms with van der Waals surface area (Å²) in [5, 5.41) is 21.2. The molecule has 0 amide bonds. The van der Waals surface area contributed by atoms with E-state index in [0.717, 1.165) is 0 Å². The quantitative estimate of drug-likeness (QED) is 0.761. The molecule has 130 valence electrons. The van der Waals surface area contributed by atoms with Crippen molar-refractivity contribution >= 4 is 11.6 Å². The van der Waals surface area contributed by atoms with Gasteiger partial charge in [-0.3, -0.25) is 9.59 Å². The first-order chi connectivity index (χ1) is 11.0. The molecule has 0 saturated heterocycles. The van der Waals surface area contributed by atoms with E-state index in [2.05, 4.69) is 0 Å². The Kier molecular flexibility index (Phi) is 3.60. The molecule has 1 saturated carbocycles. The summed E-state index contributed by atoms with van der Waals surface area (Å²) >= 11 is 0. The molecule has 0 bridgehead atoms. The summed E-state index contributed by atoms with van der Waals surface area (Å²) in [5.74, 6) is -0.350. The fraction of sp³-hybridized carbons (Fsp3) is 0.600. The van der Waals surface area contributed by atoms with Gasteiger partial charge in [0.15, 0.2) is 17.3 Å². The first kappa shape index (κ1) is 17.0. The SMILES string of the molecule is CC(C)c1cc2c(c(O)c1O)[C@@]1(C)CCC(=O)C(C)(C)[C@H]1CC2=O. The molecule has 24 heavy (non-hydrogen) atoms. The van der Waals surface area contributed by atoms with Crippen LogP contribution in [0, 0.1) is 11.3 Å². The average molecular weight is 330 g/mol. The Morgan fingerprint density at radius 1 is 1.12 bits per heavy atom. The third-order valence-corrected chi connectivity index (χ3v) is 6.42. The lowest BCUT2D eigenvalue weighted by Gasteiger charge is -2.52. The zero-order chi connectivity index (χ0) is 18.0. The fourth-order valence-corrected chi connectivity index (χ4v) is 4.85. The summed E-state index contributed by atoms with van der Waals surface area (Å²) in [5.41, 5.74) is 0.536. The number of carbonyl (C=O) groups excluding carboxylic acids is 2. The lowest BCUT2D eigenvalue weighted by atomic mass is 9.49. The van der Waals surface area contributed by atoms with E-state index in [9.17, 15) is 19.8 Å². The molecule has 0 aliphatic heterocycles. The van der Waals surface area contributed by atoms with Crippen molar-refractivity contribution in [1.82, 2.24) is 0 Å². The van der Waals surface area contributed by atoms with Crippen LogP contribution < -0.4 is 0 Å². The van der Waals surface area contributed by atoms with Gasteiger partial charge in [-0.25, -0.2) is 0 Å². The molecule has 4 heteroatoms. The van der Waals surface area contributed by atoms with Crippen molar-refractivity contribution in [3.05, 3.63) is 22.8 Å². The van der Waals surface area contributed by atoms with Crippen molar-refractivity contribution in [2.75, 3.05) is 0 Å². The topological polar surface area (TPSA) is 74.6 Å². The molecule has 1 fully saturated rings. The van der Waals surface area contributed by atoms with E-state index in [0.29, 0.717) is 36.0 Å². The van der Waals surface area contributed by atoms with Gasteiger partial charge in [-0.15, -0.1) is 0 Å². The Balaban J connectivity index is 2.29. The number of carbonyl (C=O) groups is 2. The van der Waals surface area contributed by atoms with Gasteiger partial charge in [0, 0.05) is 40.4 Å². The Labute approximate surface area is 142 Å². The van der Waals surface area contributed by atoms with E-state index < -0.39 is 10.8 Å². The first-order valence-electron chi connectivity index (χ1n) is 8.67. The van der Waals surface area contributed by atoms with Crippen LogP contribution in [-0.2, 0) is 10.2 Å². The highest BCUT2D eigenvalue weighted by atomic mass is 16.3. The smallest absolute Gasteiger partial charge is 0.163 e. The van der Waals surface area contributed by atoms with Crippen molar-refractivity contribution < 1.29 is 19.8 Å². The molecular weight excluding hydrogens is 304 g/mol. The third-order valence-electron chi connectivity index (χ3n) is 6.42. The highest BCUT2D eigenvalue weighted by Crippen LogP contribution is 2.59. The minimum atomic E-state index is -0.612. The van der Waals surface area contributed by atoms with E-state index in [1.54, 1.807) is 6.07 Å². The van der Waals surface area contributed by atoms with Crippen LogP contribution in [0.3, 0.4) is 0 Å². The Hall–Kier alpha value is -1.84. The number of Topliss-reactive ketones (excluding diaryl/α,β-unsaturated/α-hetero) is 2. The maximum absolute atomic E-state index is 12.8. The van der Waals surface area contributed by atoms with E-state index in [4.69, 9.17) is 0 Å². The maximum atomic E-state index is 12.8. The largest absolute Gasteiger partial charge is 0.504 e. The van der Waals surface area contributed by atoms with Gasteiger partial charge in [0.1, 0.15) is 5.78 Å². The van der Waals surface area contributed by atoms with Crippen LogP contribution in [0.5, 0.6) is 11.5 Å². The normalized spacial score (nSPS) is 28.7. The summed E-state index contributed by atoms with van der Waals surface area (Å²) in [6, 6.07) is 1.74. The lowest BCUT2D eigenvalue weighted by molar-refractivity contribution is -0.136. The predicted molar refractivity (Wildman–Crippen MR) is 91.7 cm³/mol. The number of hydrogen-bond acceptors (Lipinski definition) is 4. The third kappa shape index (κ3) is 2.04. The maximum Gasteiger partial charge on any atom is 0.163 e. The van der Waals surface area contributed by atoms with Crippen LogP contribution in [0.15, 0.2) is 6.07 Å². The Morgan fingerprint density at radius 2 is 1.75 bits per heavy atom. The molecule has 0 spiro atoms. The molecule has 2 aliphatic rings. The van der Waals surface area contributed by atoms with Gasteiger partial charge in [-0.1, -0.05) is 34.6 Å². The minimum absolute atomic E-state index is 0.00361. The second kappa shape index (κ2) is 5.08. The summed E-state index contributed by atoms with van der Waals surface area (Å²) in [4.78, 5) is 25.2. The fourth-order valence-electron chi connectivity index (χ4n) is 4.85. The van der Waals surface area contributed by atoms with E-state index >= 15 is 0 Å². The molecule has 0 unspecified atom stereocenters. The zero-order valence-electron chi connectivity index (χ0n) is 15.1. The molecule has 0 radical (unpaired) electrons. The van der Waals surface area contributed by atoms with Gasteiger partial charge in [0.25, 0.3) is 0 Å². The summed E-state index contributed by atoms with van der Waals surface area (Å²) in [6.07, 6.45) is 1.33. The average Bonchev–Trinajstić information content (AvgIpc) is 2.49. The monoisotopic (exact) mass is 330 g/mol. The lowest BCUT2D eigenvalue weighted by Crippen LogP contribution is -2.53. The molecule has 1 aromatic carbocycles. The molecule has 1 aromatic rings. The Bertz CT molecular complexity index is 744. The van der Waals surface area contributed by atoms with Crippen molar-refractivity contribution in [1.29, 1.82) is 0 Å². The first-order valence-corrected chi connectivity index (χ1v) is 8.67. The van der Waals surface area contributed by atoms with E-state index in [1.165, 1.54) is 0 Å². The van der Waals surface area contributed by atoms with Crippen molar-refractivity contribution in [3.63, 3.8) is 0 Å². The van der Waals surface area contributed by atoms with Crippen molar-refractivity contribution in [2.45, 2.75) is 65.2 Å². The number of hydrogen-bond donors (Lipinski definition) is 2. The number of rotatable bonds is 1. The van der Waals surface area contributed by atoms with Gasteiger partial charge in [0.05, 0.1) is 0 Å². The molecule has 4 nitrogen and oxygen atoms in total. The van der Waals surface area contributed by atoms with E-state index in [1.807, 2.05) is 34.6 Å². The molecular formula is C20H26O4. The number of phenolic OH excluding ortho intramolecular Hbond substituents is 2. The molecule has 2 atom stereocenters. The van der Waals surface area contributed by atoms with Crippen LogP contribution in [-0.4, -0.2) is 21.8 Å². The van der Waals surface area contributed by atoms with Gasteiger partial charge < -0.3 is 10.2 Å². The Morgan fingerprint density at radius 3 is 2.33 bits per heavy atom. The summed E-state index contributed by atoms with van der Waals surface area (Å²) in [7, 11) is 0. The standard InChI is InChI=1S/C20H26O4/c1-10(2)11-8-12-13(21)9-14-19(3,4)15(22)6-7-20(14,5)16(12)18(24)17(11)23/h8,10,14,23-24H,6-7,9H2,1-5H3/t14-,20+/m1/s1. The van der Waals surface area contributed by atoms with E-state index in [-0.39, 0.29) is 34.9 Å². The highest BCUT2D eigenvalue weighted by Gasteiger charge is 2.56. The van der Waals surface area contributed by atoms with Crippen LogP contribution in [0.2, 0.25) is 0 Å². The molecule has 0 heterocycles. The second-order valence-corrected chi connectivity index (χ2v) is 8.48.